The van der Waals surface area contributed by atoms with Crippen LogP contribution in [0.2, 0.25) is 0 Å². The van der Waals surface area contributed by atoms with Gasteiger partial charge in [0.1, 0.15) is 0 Å². The van der Waals surface area contributed by atoms with E-state index in [1.807, 2.05) is 18.2 Å². The molecule has 0 unspecified atom stereocenters. The third kappa shape index (κ3) is 3.75. The minimum atomic E-state index is 0.507. The molecular formula is C25H23N3. The standard InChI is InChI=1S/C25H23N3/c26-20-21-11-10-18-25(19-21)28(24-16-8-3-9-17-24)27(22-12-4-1-5-13-22)23-14-6-2-7-15-23/h1-19H,20,26H2. The molecule has 0 atom stereocenters. The summed E-state index contributed by atoms with van der Waals surface area (Å²) in [6.07, 6.45) is 0. The Morgan fingerprint density at radius 3 is 1.29 bits per heavy atom. The van der Waals surface area contributed by atoms with Crippen molar-refractivity contribution in [1.82, 2.24) is 0 Å². The molecule has 138 valence electrons. The Labute approximate surface area is 166 Å². The largest absolute Gasteiger partial charge is 0.326 e. The molecule has 3 nitrogen and oxygen atoms in total. The Kier molecular flexibility index (Phi) is 5.36. The smallest absolute Gasteiger partial charge is 0.0640 e. The highest BCUT2D eigenvalue weighted by molar-refractivity contribution is 5.77. The molecule has 0 amide bonds. The van der Waals surface area contributed by atoms with E-state index in [0.717, 1.165) is 28.3 Å². The van der Waals surface area contributed by atoms with Gasteiger partial charge in [0.15, 0.2) is 0 Å². The maximum Gasteiger partial charge on any atom is 0.0640 e. The third-order valence-corrected chi connectivity index (χ3v) is 4.59. The number of para-hydroxylation sites is 3. The summed E-state index contributed by atoms with van der Waals surface area (Å²) in [5, 5.41) is 4.45. The van der Waals surface area contributed by atoms with Gasteiger partial charge < -0.3 is 5.73 Å². The van der Waals surface area contributed by atoms with E-state index in [2.05, 4.69) is 107 Å². The number of hydrazine groups is 1. The van der Waals surface area contributed by atoms with Crippen molar-refractivity contribution in [2.45, 2.75) is 6.54 Å². The van der Waals surface area contributed by atoms with Gasteiger partial charge in [-0.15, -0.1) is 0 Å². The van der Waals surface area contributed by atoms with E-state index in [9.17, 15) is 0 Å². The van der Waals surface area contributed by atoms with Crippen LogP contribution in [0.5, 0.6) is 0 Å². The zero-order valence-corrected chi connectivity index (χ0v) is 15.6. The van der Waals surface area contributed by atoms with Crippen LogP contribution < -0.4 is 15.8 Å². The highest BCUT2D eigenvalue weighted by Gasteiger charge is 2.21. The lowest BCUT2D eigenvalue weighted by atomic mass is 10.1. The number of nitrogens with two attached hydrogens (primary N) is 1. The van der Waals surface area contributed by atoms with Crippen molar-refractivity contribution in [3.8, 4) is 0 Å². The summed E-state index contributed by atoms with van der Waals surface area (Å²) in [5.74, 6) is 0. The molecule has 4 aromatic carbocycles. The predicted molar refractivity (Wildman–Crippen MR) is 118 cm³/mol. The fourth-order valence-corrected chi connectivity index (χ4v) is 3.28. The van der Waals surface area contributed by atoms with E-state index in [0.29, 0.717) is 6.54 Å². The highest BCUT2D eigenvalue weighted by atomic mass is 15.6. The number of rotatable bonds is 6. The van der Waals surface area contributed by atoms with E-state index in [4.69, 9.17) is 5.73 Å². The molecule has 0 fully saturated rings. The molecule has 0 saturated heterocycles. The quantitative estimate of drug-likeness (QED) is 0.423. The van der Waals surface area contributed by atoms with Crippen molar-refractivity contribution in [3.63, 3.8) is 0 Å². The monoisotopic (exact) mass is 365 g/mol. The van der Waals surface area contributed by atoms with Crippen molar-refractivity contribution < 1.29 is 0 Å². The fraction of sp³-hybridized carbons (Fsp3) is 0.0400. The van der Waals surface area contributed by atoms with Gasteiger partial charge in [0.2, 0.25) is 0 Å². The molecule has 3 heteroatoms. The van der Waals surface area contributed by atoms with Crippen molar-refractivity contribution in [3.05, 3.63) is 121 Å². The number of anilines is 4. The molecule has 4 rings (SSSR count). The molecule has 0 aliphatic carbocycles. The molecule has 0 bridgehead atoms. The van der Waals surface area contributed by atoms with Crippen LogP contribution in [0.25, 0.3) is 0 Å². The first-order chi connectivity index (χ1) is 13.9. The van der Waals surface area contributed by atoms with Gasteiger partial charge in [0, 0.05) is 6.54 Å². The zero-order valence-electron chi connectivity index (χ0n) is 15.6. The van der Waals surface area contributed by atoms with Crippen molar-refractivity contribution in [2.24, 2.45) is 5.73 Å². The summed E-state index contributed by atoms with van der Waals surface area (Å²) in [5.41, 5.74) is 11.3. The second kappa shape index (κ2) is 8.42. The molecule has 4 aromatic rings. The van der Waals surface area contributed by atoms with Gasteiger partial charge in [0.05, 0.1) is 22.7 Å². The van der Waals surface area contributed by atoms with Gasteiger partial charge in [-0.3, -0.25) is 0 Å². The Bertz CT molecular complexity index is 962. The van der Waals surface area contributed by atoms with Crippen LogP contribution in [-0.2, 0) is 6.54 Å². The predicted octanol–water partition coefficient (Wildman–Crippen LogP) is 6.04. The minimum Gasteiger partial charge on any atom is -0.326 e. The third-order valence-electron chi connectivity index (χ3n) is 4.59. The van der Waals surface area contributed by atoms with Crippen LogP contribution in [0.15, 0.2) is 115 Å². The summed E-state index contributed by atoms with van der Waals surface area (Å²) in [7, 11) is 0. The lowest BCUT2D eigenvalue weighted by molar-refractivity contribution is 0.982. The van der Waals surface area contributed by atoms with Gasteiger partial charge in [0.25, 0.3) is 0 Å². The van der Waals surface area contributed by atoms with E-state index in [-0.39, 0.29) is 0 Å². The van der Waals surface area contributed by atoms with Gasteiger partial charge in [-0.05, 0) is 54.1 Å². The lowest BCUT2D eigenvalue weighted by Gasteiger charge is -2.38. The van der Waals surface area contributed by atoms with Gasteiger partial charge in [-0.25, -0.2) is 10.0 Å². The molecule has 0 heterocycles. The average Bonchev–Trinajstić information content (AvgIpc) is 2.79. The number of hydrogen-bond acceptors (Lipinski definition) is 3. The van der Waals surface area contributed by atoms with E-state index in [1.165, 1.54) is 0 Å². The van der Waals surface area contributed by atoms with Crippen molar-refractivity contribution in [1.29, 1.82) is 0 Å². The van der Waals surface area contributed by atoms with Crippen LogP contribution in [-0.4, -0.2) is 0 Å². The van der Waals surface area contributed by atoms with Gasteiger partial charge in [-0.2, -0.15) is 0 Å². The second-order valence-electron chi connectivity index (χ2n) is 6.50. The first-order valence-electron chi connectivity index (χ1n) is 9.41. The average molecular weight is 365 g/mol. The first kappa shape index (κ1) is 17.8. The van der Waals surface area contributed by atoms with Crippen molar-refractivity contribution >= 4 is 22.7 Å². The van der Waals surface area contributed by atoms with Crippen molar-refractivity contribution in [2.75, 3.05) is 10.0 Å². The topological polar surface area (TPSA) is 32.5 Å². The Hall–Kier alpha value is -3.56. The molecule has 0 aromatic heterocycles. The SMILES string of the molecule is NCc1cccc(N(c2ccccc2)N(c2ccccc2)c2ccccc2)c1. The molecular weight excluding hydrogens is 342 g/mol. The number of benzene rings is 4. The molecule has 0 spiro atoms. The molecule has 0 saturated carbocycles. The summed E-state index contributed by atoms with van der Waals surface area (Å²) in [6, 6.07) is 39.6. The zero-order chi connectivity index (χ0) is 19.2. The maximum atomic E-state index is 5.92. The fourth-order valence-electron chi connectivity index (χ4n) is 3.28. The summed E-state index contributed by atoms with van der Waals surface area (Å²) >= 11 is 0. The maximum absolute atomic E-state index is 5.92. The second-order valence-corrected chi connectivity index (χ2v) is 6.50. The van der Waals surface area contributed by atoms with E-state index < -0.39 is 0 Å². The first-order valence-corrected chi connectivity index (χ1v) is 9.41. The Morgan fingerprint density at radius 2 is 0.857 bits per heavy atom. The van der Waals surface area contributed by atoms with Gasteiger partial charge >= 0.3 is 0 Å². The Morgan fingerprint density at radius 1 is 0.464 bits per heavy atom. The number of hydrogen-bond donors (Lipinski definition) is 1. The summed E-state index contributed by atoms with van der Waals surface area (Å²) in [6.45, 7) is 0.507. The highest BCUT2D eigenvalue weighted by Crippen LogP contribution is 2.36. The molecule has 0 radical (unpaired) electrons. The van der Waals surface area contributed by atoms with Crippen LogP contribution in [0.3, 0.4) is 0 Å². The molecule has 28 heavy (non-hydrogen) atoms. The van der Waals surface area contributed by atoms with E-state index >= 15 is 0 Å². The van der Waals surface area contributed by atoms with Crippen LogP contribution >= 0.6 is 0 Å². The molecule has 0 aliphatic heterocycles. The minimum absolute atomic E-state index is 0.507. The Balaban J connectivity index is 1.94. The van der Waals surface area contributed by atoms with Gasteiger partial charge in [-0.1, -0.05) is 66.7 Å². The molecule has 2 N–H and O–H groups in total. The lowest BCUT2D eigenvalue weighted by Crippen LogP contribution is -2.35. The summed E-state index contributed by atoms with van der Waals surface area (Å²) in [4.78, 5) is 0. The van der Waals surface area contributed by atoms with Crippen LogP contribution in [0.1, 0.15) is 5.56 Å². The number of nitrogens with zero attached hydrogens (tertiary/aromatic N) is 2. The van der Waals surface area contributed by atoms with Crippen LogP contribution in [0, 0.1) is 0 Å². The van der Waals surface area contributed by atoms with E-state index in [1.54, 1.807) is 0 Å². The summed E-state index contributed by atoms with van der Waals surface area (Å²) < 4.78 is 0. The normalized spacial score (nSPS) is 10.5. The molecule has 0 aliphatic rings. The van der Waals surface area contributed by atoms with Crippen LogP contribution in [0.4, 0.5) is 22.7 Å².